The van der Waals surface area contributed by atoms with E-state index < -0.39 is 28.0 Å². The molecule has 2 N–H and O–H groups in total. The van der Waals surface area contributed by atoms with Gasteiger partial charge < -0.3 is 10.2 Å². The lowest BCUT2D eigenvalue weighted by atomic mass is 10.1. The van der Waals surface area contributed by atoms with Crippen molar-refractivity contribution in [1.29, 1.82) is 0 Å². The lowest BCUT2D eigenvalue weighted by molar-refractivity contribution is -0.139. The average molecular weight is 313 g/mol. The minimum absolute atomic E-state index is 0.201. The van der Waals surface area contributed by atoms with Crippen LogP contribution in [0.15, 0.2) is 24.3 Å². The molecule has 1 aromatic carbocycles. The van der Waals surface area contributed by atoms with Crippen LogP contribution in [-0.4, -0.2) is 59.7 Å². The summed E-state index contributed by atoms with van der Waals surface area (Å²) in [5.41, 5.74) is 1.98. The number of nitrogens with zero attached hydrogens (tertiary/aromatic N) is 1. The molecule has 21 heavy (non-hydrogen) atoms. The molecule has 2 rings (SSSR count). The van der Waals surface area contributed by atoms with E-state index in [1.165, 1.54) is 4.90 Å². The molecule has 0 radical (unpaired) electrons. The SMILES string of the molecule is Cc1ccc(CN(CC(=O)O)[C@H]2CS(=O)(=O)C[C@H]2O)cc1. The second-order valence-corrected chi connectivity index (χ2v) is 7.65. The summed E-state index contributed by atoms with van der Waals surface area (Å²) in [6, 6.07) is 6.90. The molecule has 0 bridgehead atoms. The summed E-state index contributed by atoms with van der Waals surface area (Å²) in [5, 5.41) is 18.9. The summed E-state index contributed by atoms with van der Waals surface area (Å²) in [4.78, 5) is 12.5. The summed E-state index contributed by atoms with van der Waals surface area (Å²) >= 11 is 0. The third-order valence-corrected chi connectivity index (χ3v) is 5.31. The average Bonchev–Trinajstić information content (AvgIpc) is 2.64. The van der Waals surface area contributed by atoms with Crippen LogP contribution in [0.25, 0.3) is 0 Å². The Bertz CT molecular complexity index is 611. The molecule has 7 heteroatoms. The van der Waals surface area contributed by atoms with Crippen molar-refractivity contribution in [1.82, 2.24) is 4.90 Å². The first-order valence-electron chi connectivity index (χ1n) is 6.67. The Morgan fingerprint density at radius 1 is 1.29 bits per heavy atom. The number of sulfone groups is 1. The normalized spacial score (nSPS) is 24.3. The van der Waals surface area contributed by atoms with Crippen molar-refractivity contribution in [2.24, 2.45) is 0 Å². The monoisotopic (exact) mass is 313 g/mol. The first kappa shape index (κ1) is 15.9. The Balaban J connectivity index is 2.18. The van der Waals surface area contributed by atoms with E-state index in [9.17, 15) is 18.3 Å². The number of carbonyl (C=O) groups is 1. The maximum atomic E-state index is 11.6. The fraction of sp³-hybridized carbons (Fsp3) is 0.500. The van der Waals surface area contributed by atoms with Gasteiger partial charge in [-0.25, -0.2) is 8.42 Å². The highest BCUT2D eigenvalue weighted by Gasteiger charge is 2.40. The third kappa shape index (κ3) is 4.26. The summed E-state index contributed by atoms with van der Waals surface area (Å²) < 4.78 is 23.2. The van der Waals surface area contributed by atoms with Gasteiger partial charge in [-0.1, -0.05) is 29.8 Å². The van der Waals surface area contributed by atoms with E-state index in [4.69, 9.17) is 5.11 Å². The lowest BCUT2D eigenvalue weighted by Crippen LogP contribution is -2.45. The number of hydrogen-bond donors (Lipinski definition) is 2. The van der Waals surface area contributed by atoms with Gasteiger partial charge in [0.25, 0.3) is 0 Å². The van der Waals surface area contributed by atoms with Crippen molar-refractivity contribution in [3.8, 4) is 0 Å². The summed E-state index contributed by atoms with van der Waals surface area (Å²) in [6.45, 7) is 1.95. The molecule has 1 fully saturated rings. The number of aliphatic carboxylic acids is 1. The number of benzene rings is 1. The van der Waals surface area contributed by atoms with Gasteiger partial charge in [-0.05, 0) is 12.5 Å². The van der Waals surface area contributed by atoms with E-state index in [-0.39, 0.29) is 18.1 Å². The van der Waals surface area contributed by atoms with Gasteiger partial charge in [-0.3, -0.25) is 9.69 Å². The molecule has 0 aliphatic carbocycles. The van der Waals surface area contributed by atoms with E-state index >= 15 is 0 Å². The molecule has 0 saturated carbocycles. The predicted octanol–water partition coefficient (Wildman–Crippen LogP) is 0.0395. The van der Waals surface area contributed by atoms with E-state index in [1.807, 2.05) is 31.2 Å². The number of aliphatic hydroxyl groups is 1. The first-order valence-corrected chi connectivity index (χ1v) is 8.49. The van der Waals surface area contributed by atoms with Gasteiger partial charge in [0.1, 0.15) is 0 Å². The molecule has 0 amide bonds. The Morgan fingerprint density at radius 2 is 1.90 bits per heavy atom. The van der Waals surface area contributed by atoms with Gasteiger partial charge in [-0.2, -0.15) is 0 Å². The van der Waals surface area contributed by atoms with Crippen molar-refractivity contribution in [3.63, 3.8) is 0 Å². The molecule has 1 aliphatic rings. The van der Waals surface area contributed by atoms with Crippen LogP contribution < -0.4 is 0 Å². The summed E-state index contributed by atoms with van der Waals surface area (Å²) in [7, 11) is -3.31. The molecule has 1 aromatic rings. The van der Waals surface area contributed by atoms with E-state index in [0.717, 1.165) is 11.1 Å². The van der Waals surface area contributed by atoms with E-state index in [1.54, 1.807) is 0 Å². The van der Waals surface area contributed by atoms with E-state index in [2.05, 4.69) is 0 Å². The zero-order valence-corrected chi connectivity index (χ0v) is 12.6. The second-order valence-electron chi connectivity index (χ2n) is 5.50. The van der Waals surface area contributed by atoms with Gasteiger partial charge in [0, 0.05) is 6.54 Å². The molecular formula is C14H19NO5S. The Kier molecular flexibility index (Phi) is 4.65. The maximum Gasteiger partial charge on any atom is 0.317 e. The minimum atomic E-state index is -3.31. The largest absolute Gasteiger partial charge is 0.480 e. The van der Waals surface area contributed by atoms with Crippen molar-refractivity contribution >= 4 is 15.8 Å². The standard InChI is InChI=1S/C14H19NO5S/c1-10-2-4-11(5-3-10)6-15(7-14(17)18)12-8-21(19,20)9-13(12)16/h2-5,12-13,16H,6-9H2,1H3,(H,17,18)/t12-,13+/m0/s1. The minimum Gasteiger partial charge on any atom is -0.480 e. The van der Waals surface area contributed by atoms with Crippen LogP contribution in [0, 0.1) is 6.92 Å². The molecule has 6 nitrogen and oxygen atoms in total. The second kappa shape index (κ2) is 6.13. The number of aliphatic hydroxyl groups excluding tert-OH is 1. The van der Waals surface area contributed by atoms with Gasteiger partial charge in [0.2, 0.25) is 0 Å². The number of carboxylic acids is 1. The number of aryl methyl sites for hydroxylation is 1. The van der Waals surface area contributed by atoms with Crippen LogP contribution in [0.1, 0.15) is 11.1 Å². The van der Waals surface area contributed by atoms with Gasteiger partial charge in [-0.15, -0.1) is 0 Å². The highest BCUT2D eigenvalue weighted by molar-refractivity contribution is 7.91. The van der Waals surface area contributed by atoms with Crippen LogP contribution in [0.5, 0.6) is 0 Å². The fourth-order valence-electron chi connectivity index (χ4n) is 2.55. The van der Waals surface area contributed by atoms with Crippen LogP contribution in [0.2, 0.25) is 0 Å². The Labute approximate surface area is 123 Å². The van der Waals surface area contributed by atoms with Crippen molar-refractivity contribution in [2.45, 2.75) is 25.6 Å². The molecule has 0 aromatic heterocycles. The van der Waals surface area contributed by atoms with Crippen LogP contribution in [-0.2, 0) is 21.2 Å². The zero-order valence-electron chi connectivity index (χ0n) is 11.8. The van der Waals surface area contributed by atoms with Gasteiger partial charge in [0.05, 0.1) is 30.2 Å². The van der Waals surface area contributed by atoms with Crippen LogP contribution in [0.3, 0.4) is 0 Å². The molecule has 1 saturated heterocycles. The maximum absolute atomic E-state index is 11.6. The van der Waals surface area contributed by atoms with Crippen LogP contribution >= 0.6 is 0 Å². The molecule has 0 unspecified atom stereocenters. The van der Waals surface area contributed by atoms with Crippen molar-refractivity contribution in [2.75, 3.05) is 18.1 Å². The highest BCUT2D eigenvalue weighted by Crippen LogP contribution is 2.20. The molecule has 2 atom stereocenters. The summed E-state index contributed by atoms with van der Waals surface area (Å²) in [5.74, 6) is -1.55. The molecule has 116 valence electrons. The Morgan fingerprint density at radius 3 is 2.38 bits per heavy atom. The molecular weight excluding hydrogens is 294 g/mol. The topological polar surface area (TPSA) is 94.9 Å². The molecule has 1 aliphatic heterocycles. The predicted molar refractivity (Wildman–Crippen MR) is 77.7 cm³/mol. The van der Waals surface area contributed by atoms with E-state index in [0.29, 0.717) is 6.54 Å². The van der Waals surface area contributed by atoms with Crippen LogP contribution in [0.4, 0.5) is 0 Å². The zero-order chi connectivity index (χ0) is 15.6. The van der Waals surface area contributed by atoms with Gasteiger partial charge >= 0.3 is 5.97 Å². The first-order chi connectivity index (χ1) is 9.77. The number of carboxylic acid groups (broad SMARTS) is 1. The van der Waals surface area contributed by atoms with Crippen molar-refractivity contribution < 1.29 is 23.4 Å². The number of hydrogen-bond acceptors (Lipinski definition) is 5. The van der Waals surface area contributed by atoms with Crippen molar-refractivity contribution in [3.05, 3.63) is 35.4 Å². The lowest BCUT2D eigenvalue weighted by Gasteiger charge is -2.28. The number of rotatable bonds is 5. The quantitative estimate of drug-likeness (QED) is 0.797. The summed E-state index contributed by atoms with van der Waals surface area (Å²) in [6.07, 6.45) is -1.04. The fourth-order valence-corrected chi connectivity index (χ4v) is 4.38. The smallest absolute Gasteiger partial charge is 0.317 e. The van der Waals surface area contributed by atoms with Gasteiger partial charge in [0.15, 0.2) is 9.84 Å². The molecule has 0 spiro atoms. The Hall–Kier alpha value is -1.44. The third-order valence-electron chi connectivity index (χ3n) is 3.61. The molecule has 1 heterocycles. The highest BCUT2D eigenvalue weighted by atomic mass is 32.2.